The summed E-state index contributed by atoms with van der Waals surface area (Å²) in [5, 5.41) is 40.4. The Hall–Kier alpha value is -1.52. The molecule has 0 saturated carbocycles. The van der Waals surface area contributed by atoms with Gasteiger partial charge in [0.25, 0.3) is 5.88 Å². The van der Waals surface area contributed by atoms with E-state index in [1.54, 1.807) is 5.38 Å². The van der Waals surface area contributed by atoms with Crippen molar-refractivity contribution in [2.75, 3.05) is 6.61 Å². The maximum absolute atomic E-state index is 11.7. The van der Waals surface area contributed by atoms with Crippen molar-refractivity contribution in [2.45, 2.75) is 24.5 Å². The van der Waals surface area contributed by atoms with Gasteiger partial charge in [-0.3, -0.25) is 0 Å². The van der Waals surface area contributed by atoms with Gasteiger partial charge in [0, 0.05) is 5.38 Å². The smallest absolute Gasteiger partial charge is 0.353 e. The first-order valence-corrected chi connectivity index (χ1v) is 6.78. The highest BCUT2D eigenvalue weighted by atomic mass is 32.1. The minimum Gasteiger partial charge on any atom is -0.477 e. The Balaban J connectivity index is 2.16. The molecule has 8 nitrogen and oxygen atoms in total. The first kappa shape index (κ1) is 13.5. The number of ether oxygens (including phenoxy) is 1. The standard InChI is InChI=1S/C11H12N2O6S/c14-4-5-8(17)9(18)10(19-5)13-7(16)3-6(15)12-1-2-20-11(12)13/h1-3,5,8-10,14,17-18H,4H2/p+1/t5-,8+,9-,10+/m0/s1. The van der Waals surface area contributed by atoms with E-state index in [1.807, 2.05) is 0 Å². The second-order valence-corrected chi connectivity index (χ2v) is 5.37. The zero-order valence-electron chi connectivity index (χ0n) is 10.2. The molecule has 0 aromatic carbocycles. The van der Waals surface area contributed by atoms with Crippen LogP contribution in [-0.4, -0.2) is 49.7 Å². The molecule has 3 heterocycles. The van der Waals surface area contributed by atoms with Crippen LogP contribution in [0.1, 0.15) is 6.23 Å². The van der Waals surface area contributed by atoms with Crippen LogP contribution in [0.15, 0.2) is 22.4 Å². The van der Waals surface area contributed by atoms with Crippen molar-refractivity contribution < 1.29 is 29.7 Å². The minimum absolute atomic E-state index is 0.352. The highest BCUT2D eigenvalue weighted by Crippen LogP contribution is 2.27. The molecule has 0 amide bonds. The lowest BCUT2D eigenvalue weighted by atomic mass is 10.1. The van der Waals surface area contributed by atoms with Crippen molar-refractivity contribution in [2.24, 2.45) is 0 Å². The van der Waals surface area contributed by atoms with Gasteiger partial charge in [-0.2, -0.15) is 8.97 Å². The number of thiazole rings is 1. The maximum Gasteiger partial charge on any atom is 0.353 e. The van der Waals surface area contributed by atoms with Gasteiger partial charge < -0.3 is 25.2 Å². The number of hydrogen-bond acceptors (Lipinski definition) is 7. The Kier molecular flexibility index (Phi) is 3.22. The van der Waals surface area contributed by atoms with E-state index in [4.69, 9.17) is 9.84 Å². The molecule has 2 aromatic heterocycles. The molecule has 108 valence electrons. The zero-order valence-corrected chi connectivity index (χ0v) is 11.0. The monoisotopic (exact) mass is 301 g/mol. The van der Waals surface area contributed by atoms with E-state index in [-0.39, 0.29) is 5.88 Å². The van der Waals surface area contributed by atoms with E-state index < -0.39 is 36.7 Å². The molecule has 0 spiro atoms. The molecule has 9 heteroatoms. The summed E-state index contributed by atoms with van der Waals surface area (Å²) in [7, 11) is 0. The summed E-state index contributed by atoms with van der Waals surface area (Å²) in [5.74, 6) is -0.382. The molecule has 4 N–H and O–H groups in total. The number of rotatable bonds is 2. The first-order chi connectivity index (χ1) is 9.54. The molecular weight excluding hydrogens is 288 g/mol. The van der Waals surface area contributed by atoms with E-state index >= 15 is 0 Å². The van der Waals surface area contributed by atoms with E-state index in [9.17, 15) is 20.1 Å². The van der Waals surface area contributed by atoms with Gasteiger partial charge in [-0.1, -0.05) is 11.3 Å². The van der Waals surface area contributed by atoms with Gasteiger partial charge in [0.15, 0.2) is 0 Å². The molecule has 2 aromatic rings. The van der Waals surface area contributed by atoms with Crippen LogP contribution in [0.25, 0.3) is 4.96 Å². The van der Waals surface area contributed by atoms with Gasteiger partial charge in [0.2, 0.25) is 6.23 Å². The summed E-state index contributed by atoms with van der Waals surface area (Å²) in [6.07, 6.45) is -3.11. The third-order valence-electron chi connectivity index (χ3n) is 3.30. The Morgan fingerprint density at radius 2 is 2.15 bits per heavy atom. The second-order valence-electron chi connectivity index (χ2n) is 4.50. The number of aromatic nitrogens is 2. The number of fused-ring (bicyclic) bond motifs is 1. The van der Waals surface area contributed by atoms with Crippen LogP contribution in [0.5, 0.6) is 5.88 Å². The van der Waals surface area contributed by atoms with Crippen LogP contribution in [0.4, 0.5) is 0 Å². The molecular formula is C11H13N2O6S+. The van der Waals surface area contributed by atoms with Gasteiger partial charge in [-0.15, -0.1) is 0 Å². The number of hydrogen-bond donors (Lipinski definition) is 4. The largest absolute Gasteiger partial charge is 0.477 e. The molecule has 4 atom stereocenters. The van der Waals surface area contributed by atoms with E-state index in [0.29, 0.717) is 4.96 Å². The highest BCUT2D eigenvalue weighted by molar-refractivity contribution is 7.14. The fourth-order valence-electron chi connectivity index (χ4n) is 2.29. The van der Waals surface area contributed by atoms with Crippen molar-refractivity contribution in [3.8, 4) is 5.88 Å². The normalized spacial score (nSPS) is 30.1. The van der Waals surface area contributed by atoms with Gasteiger partial charge in [-0.25, -0.2) is 4.79 Å². The van der Waals surface area contributed by atoms with Crippen LogP contribution in [0, 0.1) is 0 Å². The highest BCUT2D eigenvalue weighted by Gasteiger charge is 2.47. The van der Waals surface area contributed by atoms with E-state index in [1.165, 1.54) is 26.5 Å². The van der Waals surface area contributed by atoms with E-state index in [2.05, 4.69) is 0 Å². The van der Waals surface area contributed by atoms with Crippen LogP contribution in [0.2, 0.25) is 0 Å². The Morgan fingerprint density at radius 1 is 1.40 bits per heavy atom. The lowest BCUT2D eigenvalue weighted by Gasteiger charge is -2.14. The maximum atomic E-state index is 11.7. The first-order valence-electron chi connectivity index (χ1n) is 5.90. The SMILES string of the molecule is O=c1cc(O)[n+]([C@@H]2O[C@@H](CO)[C@@H](O)[C@@H]2O)c2sccn12. The summed E-state index contributed by atoms with van der Waals surface area (Å²) in [5.41, 5.74) is -0.415. The van der Waals surface area contributed by atoms with Gasteiger partial charge in [-0.05, 0) is 0 Å². The minimum atomic E-state index is -1.33. The van der Waals surface area contributed by atoms with Crippen molar-refractivity contribution in [3.63, 3.8) is 0 Å². The molecule has 0 unspecified atom stereocenters. The molecule has 0 radical (unpaired) electrons. The zero-order chi connectivity index (χ0) is 14.4. The number of nitrogens with zero attached hydrogens (tertiary/aromatic N) is 2. The lowest BCUT2D eigenvalue weighted by Crippen LogP contribution is -2.48. The Labute approximate surface area is 116 Å². The molecule has 1 saturated heterocycles. The molecule has 1 aliphatic heterocycles. The fourth-order valence-corrected chi connectivity index (χ4v) is 3.17. The molecule has 1 aliphatic rings. The molecule has 0 bridgehead atoms. The summed E-state index contributed by atoms with van der Waals surface area (Å²) >= 11 is 1.17. The van der Waals surface area contributed by atoms with Crippen LogP contribution < -0.4 is 10.1 Å². The van der Waals surface area contributed by atoms with E-state index in [0.717, 1.165) is 6.07 Å². The van der Waals surface area contributed by atoms with Gasteiger partial charge >= 0.3 is 10.5 Å². The molecule has 3 rings (SSSR count). The van der Waals surface area contributed by atoms with Crippen molar-refractivity contribution in [1.29, 1.82) is 0 Å². The Morgan fingerprint density at radius 3 is 2.80 bits per heavy atom. The summed E-state index contributed by atoms with van der Waals surface area (Å²) in [6.45, 7) is -0.462. The van der Waals surface area contributed by atoms with Crippen LogP contribution >= 0.6 is 11.3 Å². The number of aliphatic hydroxyl groups excluding tert-OH is 3. The topological polar surface area (TPSA) is 116 Å². The molecule has 0 aliphatic carbocycles. The fraction of sp³-hybridized carbons (Fsp3) is 0.455. The molecule has 1 fully saturated rings. The lowest BCUT2D eigenvalue weighted by molar-refractivity contribution is -0.749. The summed E-state index contributed by atoms with van der Waals surface area (Å²) in [6, 6.07) is 0.994. The van der Waals surface area contributed by atoms with Crippen molar-refractivity contribution >= 4 is 16.3 Å². The van der Waals surface area contributed by atoms with Crippen molar-refractivity contribution in [3.05, 3.63) is 28.0 Å². The van der Waals surface area contributed by atoms with Crippen LogP contribution in [0.3, 0.4) is 0 Å². The molecule has 20 heavy (non-hydrogen) atoms. The number of aliphatic hydroxyl groups is 3. The Bertz CT molecular complexity index is 698. The van der Waals surface area contributed by atoms with Crippen LogP contribution in [-0.2, 0) is 4.74 Å². The van der Waals surface area contributed by atoms with Crippen molar-refractivity contribution in [1.82, 2.24) is 4.40 Å². The summed E-state index contributed by atoms with van der Waals surface area (Å²) < 4.78 is 7.87. The average molecular weight is 301 g/mol. The quantitative estimate of drug-likeness (QED) is 0.475. The van der Waals surface area contributed by atoms with Gasteiger partial charge in [0.1, 0.15) is 30.6 Å². The third-order valence-corrected chi connectivity index (χ3v) is 4.17. The predicted molar refractivity (Wildman–Crippen MR) is 66.4 cm³/mol. The number of aromatic hydroxyl groups is 1. The average Bonchev–Trinajstić information content (AvgIpc) is 2.99. The summed E-state index contributed by atoms with van der Waals surface area (Å²) in [4.78, 5) is 12.0. The third kappa shape index (κ3) is 1.83. The predicted octanol–water partition coefficient (Wildman–Crippen LogP) is -2.03. The van der Waals surface area contributed by atoms with Gasteiger partial charge in [0.05, 0.1) is 6.61 Å². The second kappa shape index (κ2) is 4.79.